The van der Waals surface area contributed by atoms with Gasteiger partial charge in [0.2, 0.25) is 0 Å². The molecule has 0 radical (unpaired) electrons. The molecule has 0 aliphatic carbocycles. The molecule has 0 aliphatic heterocycles. The van der Waals surface area contributed by atoms with Gasteiger partial charge in [0.25, 0.3) is 0 Å². The Balaban J connectivity index is 2.00. The summed E-state index contributed by atoms with van der Waals surface area (Å²) in [7, 11) is 0. The van der Waals surface area contributed by atoms with Crippen molar-refractivity contribution in [2.75, 3.05) is 0 Å². The second-order valence-electron chi connectivity index (χ2n) is 3.23. The summed E-state index contributed by atoms with van der Waals surface area (Å²) >= 11 is 2.18. The number of halogens is 1. The maximum atomic E-state index is 10.6. The number of ether oxygens (including phenoxy) is 1. The molecule has 1 aromatic heterocycles. The monoisotopic (exact) mass is 345 g/mol. The topological polar surface area (TPSA) is 72.6 Å². The van der Waals surface area contributed by atoms with Crippen LogP contribution >= 0.6 is 22.6 Å². The van der Waals surface area contributed by atoms with Crippen molar-refractivity contribution in [3.8, 4) is 5.75 Å². The SMILES string of the molecule is O=C(O)c1cc(COc2cccc(I)c2)on1. The number of hydrogen-bond donors (Lipinski definition) is 1. The van der Waals surface area contributed by atoms with E-state index in [0.717, 1.165) is 3.57 Å². The van der Waals surface area contributed by atoms with Gasteiger partial charge in [-0.15, -0.1) is 0 Å². The molecule has 1 N–H and O–H groups in total. The Morgan fingerprint density at radius 2 is 2.29 bits per heavy atom. The molecule has 1 aromatic carbocycles. The van der Waals surface area contributed by atoms with Crippen molar-refractivity contribution < 1.29 is 19.2 Å². The van der Waals surface area contributed by atoms with Crippen LogP contribution in [0.2, 0.25) is 0 Å². The van der Waals surface area contributed by atoms with Crippen LogP contribution < -0.4 is 4.74 Å². The van der Waals surface area contributed by atoms with E-state index in [9.17, 15) is 4.79 Å². The summed E-state index contributed by atoms with van der Waals surface area (Å²) in [5, 5.41) is 12.0. The maximum Gasteiger partial charge on any atom is 0.358 e. The Morgan fingerprint density at radius 1 is 1.47 bits per heavy atom. The van der Waals surface area contributed by atoms with Crippen LogP contribution in [0.25, 0.3) is 0 Å². The van der Waals surface area contributed by atoms with Gasteiger partial charge in [-0.05, 0) is 40.8 Å². The van der Waals surface area contributed by atoms with E-state index in [1.165, 1.54) is 6.07 Å². The normalized spacial score (nSPS) is 10.2. The summed E-state index contributed by atoms with van der Waals surface area (Å²) in [5.41, 5.74) is -0.119. The van der Waals surface area contributed by atoms with Crippen LogP contribution in [0.15, 0.2) is 34.9 Å². The van der Waals surface area contributed by atoms with Gasteiger partial charge < -0.3 is 14.4 Å². The molecule has 0 spiro atoms. The summed E-state index contributed by atoms with van der Waals surface area (Å²) in [4.78, 5) is 10.6. The van der Waals surface area contributed by atoms with Gasteiger partial charge in [-0.25, -0.2) is 4.79 Å². The van der Waals surface area contributed by atoms with Crippen molar-refractivity contribution >= 4 is 28.6 Å². The van der Waals surface area contributed by atoms with E-state index in [4.69, 9.17) is 14.4 Å². The summed E-state index contributed by atoms with van der Waals surface area (Å²) in [5.74, 6) is -0.0410. The number of carbonyl (C=O) groups is 1. The van der Waals surface area contributed by atoms with E-state index >= 15 is 0 Å². The number of benzene rings is 1. The van der Waals surface area contributed by atoms with Gasteiger partial charge in [-0.3, -0.25) is 0 Å². The molecular formula is C11H8INO4. The summed E-state index contributed by atoms with van der Waals surface area (Å²) in [6, 6.07) is 8.85. The lowest BCUT2D eigenvalue weighted by molar-refractivity contribution is 0.0685. The molecule has 0 atom stereocenters. The van der Waals surface area contributed by atoms with Crippen molar-refractivity contribution in [3.05, 3.63) is 45.4 Å². The van der Waals surface area contributed by atoms with Gasteiger partial charge in [-0.1, -0.05) is 11.2 Å². The van der Waals surface area contributed by atoms with Crippen LogP contribution in [0, 0.1) is 3.57 Å². The molecule has 17 heavy (non-hydrogen) atoms. The van der Waals surface area contributed by atoms with E-state index in [0.29, 0.717) is 11.5 Å². The van der Waals surface area contributed by atoms with Crippen molar-refractivity contribution in [3.63, 3.8) is 0 Å². The van der Waals surface area contributed by atoms with Gasteiger partial charge in [0.1, 0.15) is 12.4 Å². The van der Waals surface area contributed by atoms with Crippen LogP contribution in [0.1, 0.15) is 16.2 Å². The molecule has 0 aliphatic rings. The highest BCUT2D eigenvalue weighted by atomic mass is 127. The van der Waals surface area contributed by atoms with Gasteiger partial charge in [0, 0.05) is 9.64 Å². The molecule has 6 heteroatoms. The molecule has 0 saturated heterocycles. The average molecular weight is 345 g/mol. The average Bonchev–Trinajstić information content (AvgIpc) is 2.75. The molecular weight excluding hydrogens is 337 g/mol. The third-order valence-corrected chi connectivity index (χ3v) is 2.63. The smallest absolute Gasteiger partial charge is 0.358 e. The third kappa shape index (κ3) is 3.19. The van der Waals surface area contributed by atoms with Crippen molar-refractivity contribution in [1.82, 2.24) is 5.16 Å². The van der Waals surface area contributed by atoms with E-state index in [1.54, 1.807) is 0 Å². The highest BCUT2D eigenvalue weighted by Crippen LogP contribution is 2.16. The minimum absolute atomic E-state index is 0.119. The van der Waals surface area contributed by atoms with Crippen molar-refractivity contribution in [1.29, 1.82) is 0 Å². The number of rotatable bonds is 4. The number of hydrogen-bond acceptors (Lipinski definition) is 4. The van der Waals surface area contributed by atoms with Crippen molar-refractivity contribution in [2.45, 2.75) is 6.61 Å². The Labute approximate surface area is 111 Å². The van der Waals surface area contributed by atoms with Crippen LogP contribution in [0.4, 0.5) is 0 Å². The number of nitrogens with zero attached hydrogens (tertiary/aromatic N) is 1. The lowest BCUT2D eigenvalue weighted by atomic mass is 10.3. The van der Waals surface area contributed by atoms with Crippen LogP contribution in [-0.4, -0.2) is 16.2 Å². The number of aromatic carboxylic acids is 1. The Kier molecular flexibility index (Phi) is 3.62. The van der Waals surface area contributed by atoms with Crippen molar-refractivity contribution in [2.24, 2.45) is 0 Å². The fourth-order valence-electron chi connectivity index (χ4n) is 1.19. The van der Waals surface area contributed by atoms with Crippen LogP contribution in [0.3, 0.4) is 0 Å². The fraction of sp³-hybridized carbons (Fsp3) is 0.0909. The quantitative estimate of drug-likeness (QED) is 0.863. The summed E-state index contributed by atoms with van der Waals surface area (Å²) in [6.07, 6.45) is 0. The standard InChI is InChI=1S/C11H8INO4/c12-7-2-1-3-8(4-7)16-6-9-5-10(11(14)15)13-17-9/h1-5H,6H2,(H,14,15). The second-order valence-corrected chi connectivity index (χ2v) is 4.48. The largest absolute Gasteiger partial charge is 0.486 e. The van der Waals surface area contributed by atoms with E-state index in [1.807, 2.05) is 24.3 Å². The van der Waals surface area contributed by atoms with E-state index < -0.39 is 5.97 Å². The van der Waals surface area contributed by atoms with Gasteiger partial charge in [0.15, 0.2) is 11.5 Å². The second kappa shape index (κ2) is 5.17. The first kappa shape index (κ1) is 11.9. The molecule has 2 rings (SSSR count). The molecule has 0 unspecified atom stereocenters. The number of carboxylic acid groups (broad SMARTS) is 1. The maximum absolute atomic E-state index is 10.6. The zero-order chi connectivity index (χ0) is 12.3. The minimum Gasteiger partial charge on any atom is -0.486 e. The third-order valence-electron chi connectivity index (χ3n) is 1.96. The molecule has 2 aromatic rings. The van der Waals surface area contributed by atoms with E-state index in [-0.39, 0.29) is 12.3 Å². The van der Waals surface area contributed by atoms with Crippen LogP contribution in [-0.2, 0) is 6.61 Å². The molecule has 88 valence electrons. The molecule has 5 nitrogen and oxygen atoms in total. The number of aromatic nitrogens is 1. The first-order chi connectivity index (χ1) is 8.15. The predicted octanol–water partition coefficient (Wildman–Crippen LogP) is 2.56. The lowest BCUT2D eigenvalue weighted by Crippen LogP contribution is -1.96. The molecule has 0 saturated carbocycles. The first-order valence-electron chi connectivity index (χ1n) is 4.72. The Bertz CT molecular complexity index is 538. The van der Waals surface area contributed by atoms with Gasteiger partial charge >= 0.3 is 5.97 Å². The molecule has 0 amide bonds. The van der Waals surface area contributed by atoms with E-state index in [2.05, 4.69) is 27.7 Å². The Morgan fingerprint density at radius 3 is 2.94 bits per heavy atom. The predicted molar refractivity (Wildman–Crippen MR) is 67.0 cm³/mol. The Hall–Kier alpha value is -1.57. The summed E-state index contributed by atoms with van der Waals surface area (Å²) in [6.45, 7) is 0.153. The van der Waals surface area contributed by atoms with Gasteiger partial charge in [-0.2, -0.15) is 0 Å². The van der Waals surface area contributed by atoms with Gasteiger partial charge in [0.05, 0.1) is 0 Å². The minimum atomic E-state index is -1.12. The highest BCUT2D eigenvalue weighted by molar-refractivity contribution is 14.1. The molecule has 1 heterocycles. The van der Waals surface area contributed by atoms with Crippen LogP contribution in [0.5, 0.6) is 5.75 Å². The lowest BCUT2D eigenvalue weighted by Gasteiger charge is -2.03. The number of carboxylic acids is 1. The zero-order valence-electron chi connectivity index (χ0n) is 8.59. The zero-order valence-corrected chi connectivity index (χ0v) is 10.7. The first-order valence-corrected chi connectivity index (χ1v) is 5.80. The fourth-order valence-corrected chi connectivity index (χ4v) is 1.71. The highest BCUT2D eigenvalue weighted by Gasteiger charge is 2.10. The summed E-state index contributed by atoms with van der Waals surface area (Å²) < 4.78 is 11.3. The molecule has 0 bridgehead atoms. The molecule has 0 fully saturated rings.